The quantitative estimate of drug-likeness (QED) is 0.626. The Morgan fingerprint density at radius 3 is 2.50 bits per heavy atom. The van der Waals surface area contributed by atoms with E-state index in [0.717, 1.165) is 7.91 Å². The van der Waals surface area contributed by atoms with Crippen molar-refractivity contribution in [1.29, 1.82) is 0 Å². The minimum absolute atomic E-state index is 0.906. The molecule has 0 fully saturated rings. The molecule has 1 rings (SSSR count). The van der Waals surface area contributed by atoms with Crippen molar-refractivity contribution in [3.63, 3.8) is 0 Å². The van der Waals surface area contributed by atoms with Crippen LogP contribution in [0.15, 0.2) is 6.07 Å². The van der Waals surface area contributed by atoms with E-state index in [1.165, 1.54) is 4.88 Å². The van der Waals surface area contributed by atoms with E-state index < -0.39 is 0 Å². The smallest absolute Gasteiger partial charge is 0.106 e. The molecule has 1 heterocycles. The Kier molecular flexibility index (Phi) is 2.17. The van der Waals surface area contributed by atoms with Gasteiger partial charge < -0.3 is 0 Å². The second kappa shape index (κ2) is 2.54. The highest BCUT2D eigenvalue weighted by Crippen LogP contribution is 2.27. The summed E-state index contributed by atoms with van der Waals surface area (Å²) in [6, 6.07) is 2.08. The van der Waals surface area contributed by atoms with Gasteiger partial charge in [0.2, 0.25) is 0 Å². The van der Waals surface area contributed by atoms with Crippen LogP contribution in [-0.4, -0.2) is 0 Å². The maximum absolute atomic E-state index is 5.74. The highest BCUT2D eigenvalue weighted by molar-refractivity contribution is 14.1. The van der Waals surface area contributed by atoms with Crippen LogP contribution < -0.4 is 0 Å². The molecule has 0 spiro atoms. The Labute approximate surface area is 71.0 Å². The lowest BCUT2D eigenvalue weighted by Crippen LogP contribution is -1.54. The molecule has 0 saturated heterocycles. The van der Waals surface area contributed by atoms with Crippen molar-refractivity contribution in [3.8, 4) is 0 Å². The van der Waals surface area contributed by atoms with E-state index in [9.17, 15) is 0 Å². The fourth-order valence-electron chi connectivity index (χ4n) is 0.455. The van der Waals surface area contributed by atoms with Gasteiger partial charge in [-0.1, -0.05) is 11.6 Å². The standard InChI is InChI=1S/C5H4ClIS/c1-3-2-4(7)5(6)8-3/h2H,1H3. The normalized spacial score (nSPS) is 9.88. The fourth-order valence-corrected chi connectivity index (χ4v) is 2.50. The molecule has 0 atom stereocenters. The molecule has 0 aromatic carbocycles. The molecule has 0 saturated carbocycles. The predicted molar refractivity (Wildman–Crippen MR) is 46.8 cm³/mol. The van der Waals surface area contributed by atoms with Crippen LogP contribution in [-0.2, 0) is 0 Å². The molecular formula is C5H4ClIS. The zero-order valence-corrected chi connectivity index (χ0v) is 7.97. The van der Waals surface area contributed by atoms with Crippen LogP contribution >= 0.6 is 45.5 Å². The maximum atomic E-state index is 5.74. The number of halogens is 2. The highest BCUT2D eigenvalue weighted by Gasteiger charge is 1.97. The summed E-state index contributed by atoms with van der Waals surface area (Å²) in [4.78, 5) is 1.28. The monoisotopic (exact) mass is 258 g/mol. The van der Waals surface area contributed by atoms with E-state index in [1.807, 2.05) is 0 Å². The summed E-state index contributed by atoms with van der Waals surface area (Å²) in [6.45, 7) is 2.05. The number of thiophene rings is 1. The van der Waals surface area contributed by atoms with Crippen molar-refractivity contribution in [2.75, 3.05) is 0 Å². The number of aryl methyl sites for hydroxylation is 1. The summed E-state index contributed by atoms with van der Waals surface area (Å²) in [6.07, 6.45) is 0. The summed E-state index contributed by atoms with van der Waals surface area (Å²) in [5.74, 6) is 0. The molecule has 3 heteroatoms. The maximum Gasteiger partial charge on any atom is 0.106 e. The van der Waals surface area contributed by atoms with Crippen molar-refractivity contribution < 1.29 is 0 Å². The molecule has 44 valence electrons. The van der Waals surface area contributed by atoms with Gasteiger partial charge in [-0.15, -0.1) is 11.3 Å². The first kappa shape index (κ1) is 6.83. The third kappa shape index (κ3) is 1.36. The van der Waals surface area contributed by atoms with Crippen molar-refractivity contribution >= 4 is 45.5 Å². The van der Waals surface area contributed by atoms with Crippen molar-refractivity contribution in [3.05, 3.63) is 18.9 Å². The molecule has 1 aromatic heterocycles. The van der Waals surface area contributed by atoms with Crippen molar-refractivity contribution in [2.45, 2.75) is 6.92 Å². The molecule has 0 amide bonds. The molecule has 0 unspecified atom stereocenters. The Bertz CT molecular complexity index is 175. The van der Waals surface area contributed by atoms with Crippen LogP contribution in [0.25, 0.3) is 0 Å². The van der Waals surface area contributed by atoms with Crippen LogP contribution in [0.4, 0.5) is 0 Å². The van der Waals surface area contributed by atoms with E-state index in [1.54, 1.807) is 11.3 Å². The van der Waals surface area contributed by atoms with E-state index in [0.29, 0.717) is 0 Å². The zero-order valence-electron chi connectivity index (χ0n) is 4.24. The molecule has 0 N–H and O–H groups in total. The summed E-state index contributed by atoms with van der Waals surface area (Å²) < 4.78 is 2.06. The molecule has 0 radical (unpaired) electrons. The number of rotatable bonds is 0. The highest BCUT2D eigenvalue weighted by atomic mass is 127. The van der Waals surface area contributed by atoms with Gasteiger partial charge in [-0.25, -0.2) is 0 Å². The van der Waals surface area contributed by atoms with Crippen molar-refractivity contribution in [1.82, 2.24) is 0 Å². The predicted octanol–water partition coefficient (Wildman–Crippen LogP) is 3.31. The second-order valence-corrected chi connectivity index (χ2v) is 4.50. The third-order valence-corrected chi connectivity index (χ3v) is 3.58. The lowest BCUT2D eigenvalue weighted by Gasteiger charge is -1.74. The topological polar surface area (TPSA) is 0 Å². The van der Waals surface area contributed by atoms with Gasteiger partial charge in [0.05, 0.1) is 0 Å². The summed E-state index contributed by atoms with van der Waals surface area (Å²) in [5.41, 5.74) is 0. The summed E-state index contributed by atoms with van der Waals surface area (Å²) in [7, 11) is 0. The van der Waals surface area contributed by atoms with Crippen LogP contribution in [0.1, 0.15) is 4.88 Å². The Balaban J connectivity index is 3.14. The molecular weight excluding hydrogens is 254 g/mol. The molecule has 0 aliphatic carbocycles. The van der Waals surface area contributed by atoms with Crippen LogP contribution in [0, 0.1) is 10.5 Å². The molecule has 0 aliphatic rings. The third-order valence-electron chi connectivity index (χ3n) is 0.768. The van der Waals surface area contributed by atoms with Gasteiger partial charge in [-0.05, 0) is 35.6 Å². The number of hydrogen-bond donors (Lipinski definition) is 0. The molecule has 0 nitrogen and oxygen atoms in total. The van der Waals surface area contributed by atoms with Gasteiger partial charge in [0.1, 0.15) is 4.34 Å². The first-order chi connectivity index (χ1) is 3.70. The van der Waals surface area contributed by atoms with Gasteiger partial charge in [0, 0.05) is 8.45 Å². The zero-order chi connectivity index (χ0) is 6.15. The van der Waals surface area contributed by atoms with E-state index in [-0.39, 0.29) is 0 Å². The average molecular weight is 259 g/mol. The summed E-state index contributed by atoms with van der Waals surface area (Å²) in [5, 5.41) is 0. The lowest BCUT2D eigenvalue weighted by molar-refractivity contribution is 1.62. The molecule has 1 aromatic rings. The first-order valence-corrected chi connectivity index (χ1v) is 4.39. The largest absolute Gasteiger partial charge is 0.128 e. The van der Waals surface area contributed by atoms with Gasteiger partial charge in [0.25, 0.3) is 0 Å². The van der Waals surface area contributed by atoms with Crippen molar-refractivity contribution in [2.24, 2.45) is 0 Å². The molecule has 0 aliphatic heterocycles. The molecule has 0 bridgehead atoms. The van der Waals surface area contributed by atoms with Crippen LogP contribution in [0.2, 0.25) is 4.34 Å². The van der Waals surface area contributed by atoms with Crippen LogP contribution in [0.3, 0.4) is 0 Å². The fraction of sp³-hybridized carbons (Fsp3) is 0.200. The average Bonchev–Trinajstić information content (AvgIpc) is 1.85. The minimum Gasteiger partial charge on any atom is -0.128 e. The molecule has 8 heavy (non-hydrogen) atoms. The van der Waals surface area contributed by atoms with E-state index in [4.69, 9.17) is 11.6 Å². The SMILES string of the molecule is Cc1cc(I)c(Cl)s1. The van der Waals surface area contributed by atoms with Gasteiger partial charge in [0.15, 0.2) is 0 Å². The second-order valence-electron chi connectivity index (χ2n) is 1.48. The first-order valence-electron chi connectivity index (χ1n) is 2.11. The van der Waals surface area contributed by atoms with Crippen LogP contribution in [0.5, 0.6) is 0 Å². The lowest BCUT2D eigenvalue weighted by atomic mass is 10.5. The van der Waals surface area contributed by atoms with E-state index >= 15 is 0 Å². The minimum atomic E-state index is 0.906. The van der Waals surface area contributed by atoms with Gasteiger partial charge >= 0.3 is 0 Å². The Hall–Kier alpha value is 0.720. The van der Waals surface area contributed by atoms with Gasteiger partial charge in [-0.2, -0.15) is 0 Å². The Morgan fingerprint density at radius 2 is 2.38 bits per heavy atom. The van der Waals surface area contributed by atoms with Gasteiger partial charge in [-0.3, -0.25) is 0 Å². The number of hydrogen-bond acceptors (Lipinski definition) is 1. The Morgan fingerprint density at radius 1 is 1.75 bits per heavy atom. The summed E-state index contributed by atoms with van der Waals surface area (Å²) >= 11 is 9.59. The van der Waals surface area contributed by atoms with E-state index in [2.05, 4.69) is 35.6 Å².